The summed E-state index contributed by atoms with van der Waals surface area (Å²) in [6, 6.07) is 3.03. The number of nitrogens with zero attached hydrogens (tertiary/aromatic N) is 2. The second-order valence-electron chi connectivity index (χ2n) is 2.95. The molecule has 0 N–H and O–H groups in total. The molecule has 55 valence electrons. The highest BCUT2D eigenvalue weighted by atomic mass is 15.3. The standard InChI is InChI=1S/C8H13N2/c1-7(2)6-10-8(3)4-5-9-10/h5,7H,6H2,1-3H3. The molecule has 0 fully saturated rings. The van der Waals surface area contributed by atoms with E-state index in [1.807, 2.05) is 11.6 Å². The molecule has 0 amide bonds. The van der Waals surface area contributed by atoms with Gasteiger partial charge < -0.3 is 0 Å². The van der Waals surface area contributed by atoms with Crippen LogP contribution in [0.1, 0.15) is 19.5 Å². The first-order valence-electron chi connectivity index (χ1n) is 3.60. The van der Waals surface area contributed by atoms with Gasteiger partial charge in [-0.3, -0.25) is 4.68 Å². The van der Waals surface area contributed by atoms with Crippen molar-refractivity contribution in [2.75, 3.05) is 0 Å². The highest BCUT2D eigenvalue weighted by Crippen LogP contribution is 2.00. The van der Waals surface area contributed by atoms with Gasteiger partial charge in [-0.15, -0.1) is 0 Å². The lowest BCUT2D eigenvalue weighted by molar-refractivity contribution is 0.474. The van der Waals surface area contributed by atoms with E-state index >= 15 is 0 Å². The normalized spacial score (nSPS) is 10.8. The molecule has 0 atom stereocenters. The zero-order valence-corrected chi connectivity index (χ0v) is 6.76. The van der Waals surface area contributed by atoms with Crippen LogP contribution in [0.15, 0.2) is 6.20 Å². The molecule has 0 aliphatic heterocycles. The maximum absolute atomic E-state index is 4.12. The summed E-state index contributed by atoms with van der Waals surface area (Å²) in [7, 11) is 0. The van der Waals surface area contributed by atoms with E-state index in [1.165, 1.54) is 0 Å². The van der Waals surface area contributed by atoms with Crippen molar-refractivity contribution >= 4 is 0 Å². The molecule has 2 heteroatoms. The first-order valence-corrected chi connectivity index (χ1v) is 3.60. The fourth-order valence-electron chi connectivity index (χ4n) is 0.883. The zero-order chi connectivity index (χ0) is 7.56. The highest BCUT2D eigenvalue weighted by molar-refractivity contribution is 4.93. The summed E-state index contributed by atoms with van der Waals surface area (Å²) in [5.74, 6) is 0.659. The van der Waals surface area contributed by atoms with Crippen molar-refractivity contribution in [2.45, 2.75) is 27.3 Å². The minimum atomic E-state index is 0.659. The number of hydrogen-bond donors (Lipinski definition) is 0. The number of aromatic nitrogens is 2. The second kappa shape index (κ2) is 2.86. The molecule has 1 aromatic heterocycles. The van der Waals surface area contributed by atoms with Crippen LogP contribution in [0.2, 0.25) is 0 Å². The summed E-state index contributed by atoms with van der Waals surface area (Å²) in [6.45, 7) is 7.38. The molecule has 2 nitrogen and oxygen atoms in total. The quantitative estimate of drug-likeness (QED) is 0.606. The van der Waals surface area contributed by atoms with E-state index in [9.17, 15) is 0 Å². The monoisotopic (exact) mass is 137 g/mol. The van der Waals surface area contributed by atoms with E-state index < -0.39 is 0 Å². The molecule has 0 spiro atoms. The summed E-state index contributed by atoms with van der Waals surface area (Å²) in [5, 5.41) is 4.12. The van der Waals surface area contributed by atoms with Gasteiger partial charge in [0.1, 0.15) is 0 Å². The molecule has 1 radical (unpaired) electrons. The molecule has 0 aliphatic rings. The third kappa shape index (κ3) is 1.59. The average molecular weight is 137 g/mol. The average Bonchev–Trinajstić information content (AvgIpc) is 2.15. The number of aryl methyl sites for hydroxylation is 1. The van der Waals surface area contributed by atoms with Gasteiger partial charge in [0.15, 0.2) is 0 Å². The van der Waals surface area contributed by atoms with Gasteiger partial charge in [-0.1, -0.05) is 13.8 Å². The van der Waals surface area contributed by atoms with Gasteiger partial charge in [0.2, 0.25) is 0 Å². The molecule has 0 bridgehead atoms. The topological polar surface area (TPSA) is 17.8 Å². The Bertz CT molecular complexity index is 201. The van der Waals surface area contributed by atoms with Crippen LogP contribution in [-0.4, -0.2) is 9.78 Å². The van der Waals surface area contributed by atoms with Crippen LogP contribution in [0.3, 0.4) is 0 Å². The van der Waals surface area contributed by atoms with Gasteiger partial charge in [0, 0.05) is 18.3 Å². The van der Waals surface area contributed by atoms with Gasteiger partial charge in [0.25, 0.3) is 0 Å². The Morgan fingerprint density at radius 1 is 1.70 bits per heavy atom. The molecule has 0 aromatic carbocycles. The van der Waals surface area contributed by atoms with E-state index in [4.69, 9.17) is 0 Å². The smallest absolute Gasteiger partial charge is 0.0572 e. The maximum atomic E-state index is 4.12. The lowest BCUT2D eigenvalue weighted by Crippen LogP contribution is -2.07. The van der Waals surface area contributed by atoms with Crippen molar-refractivity contribution in [2.24, 2.45) is 5.92 Å². The third-order valence-electron chi connectivity index (χ3n) is 1.40. The molecule has 1 rings (SSSR count). The first kappa shape index (κ1) is 7.32. The van der Waals surface area contributed by atoms with Crippen molar-refractivity contribution in [3.63, 3.8) is 0 Å². The molecule has 0 aliphatic carbocycles. The molecule has 1 heterocycles. The van der Waals surface area contributed by atoms with Crippen LogP contribution in [-0.2, 0) is 6.54 Å². The summed E-state index contributed by atoms with van der Waals surface area (Å²) in [4.78, 5) is 0. The Hall–Kier alpha value is -0.790. The molecule has 0 saturated carbocycles. The molecular formula is C8H13N2. The Labute approximate surface area is 61.9 Å². The largest absolute Gasteiger partial charge is 0.269 e. The summed E-state index contributed by atoms with van der Waals surface area (Å²) in [6.07, 6.45) is 1.72. The lowest BCUT2D eigenvalue weighted by Gasteiger charge is -2.05. The van der Waals surface area contributed by atoms with Crippen LogP contribution in [0.5, 0.6) is 0 Å². The maximum Gasteiger partial charge on any atom is 0.0572 e. The van der Waals surface area contributed by atoms with E-state index in [0.29, 0.717) is 5.92 Å². The Balaban J connectivity index is 2.65. The Kier molecular flexibility index (Phi) is 2.10. The Morgan fingerprint density at radius 3 is 2.80 bits per heavy atom. The van der Waals surface area contributed by atoms with Crippen LogP contribution in [0.4, 0.5) is 0 Å². The molecule has 0 saturated heterocycles. The summed E-state index contributed by atoms with van der Waals surface area (Å²) >= 11 is 0. The molecule has 10 heavy (non-hydrogen) atoms. The van der Waals surface area contributed by atoms with E-state index in [1.54, 1.807) is 6.20 Å². The van der Waals surface area contributed by atoms with Crippen LogP contribution in [0, 0.1) is 18.9 Å². The molecule has 0 unspecified atom stereocenters. The van der Waals surface area contributed by atoms with Gasteiger partial charge in [-0.2, -0.15) is 5.10 Å². The fraction of sp³-hybridized carbons (Fsp3) is 0.625. The van der Waals surface area contributed by atoms with Gasteiger partial charge in [-0.25, -0.2) is 0 Å². The van der Waals surface area contributed by atoms with Crippen molar-refractivity contribution in [3.8, 4) is 0 Å². The van der Waals surface area contributed by atoms with Crippen molar-refractivity contribution < 1.29 is 0 Å². The SMILES string of the molecule is Cc1[c]cnn1CC(C)C. The lowest BCUT2D eigenvalue weighted by atomic mass is 10.2. The van der Waals surface area contributed by atoms with E-state index in [2.05, 4.69) is 25.0 Å². The van der Waals surface area contributed by atoms with E-state index in [0.717, 1.165) is 12.2 Å². The second-order valence-corrected chi connectivity index (χ2v) is 2.95. The van der Waals surface area contributed by atoms with Crippen molar-refractivity contribution in [1.82, 2.24) is 9.78 Å². The van der Waals surface area contributed by atoms with Crippen LogP contribution >= 0.6 is 0 Å². The van der Waals surface area contributed by atoms with Gasteiger partial charge in [0.05, 0.1) is 6.20 Å². The van der Waals surface area contributed by atoms with E-state index in [-0.39, 0.29) is 0 Å². The predicted octanol–water partition coefficient (Wildman–Crippen LogP) is 1.65. The zero-order valence-electron chi connectivity index (χ0n) is 6.76. The molecule has 1 aromatic rings. The fourth-order valence-corrected chi connectivity index (χ4v) is 0.883. The summed E-state index contributed by atoms with van der Waals surface area (Å²) < 4.78 is 1.98. The molecular weight excluding hydrogens is 124 g/mol. The van der Waals surface area contributed by atoms with Gasteiger partial charge in [-0.05, 0) is 12.8 Å². The highest BCUT2D eigenvalue weighted by Gasteiger charge is 1.98. The van der Waals surface area contributed by atoms with Crippen molar-refractivity contribution in [1.29, 1.82) is 0 Å². The minimum absolute atomic E-state index is 0.659. The predicted molar refractivity (Wildman–Crippen MR) is 40.6 cm³/mol. The number of rotatable bonds is 2. The van der Waals surface area contributed by atoms with Crippen molar-refractivity contribution in [3.05, 3.63) is 18.0 Å². The van der Waals surface area contributed by atoms with Gasteiger partial charge >= 0.3 is 0 Å². The first-order chi connectivity index (χ1) is 4.70. The third-order valence-corrected chi connectivity index (χ3v) is 1.40. The Morgan fingerprint density at radius 2 is 2.40 bits per heavy atom. The summed E-state index contributed by atoms with van der Waals surface area (Å²) in [5.41, 5.74) is 1.12. The minimum Gasteiger partial charge on any atom is -0.269 e. The number of hydrogen-bond acceptors (Lipinski definition) is 1. The van der Waals surface area contributed by atoms with Crippen LogP contribution < -0.4 is 0 Å². The van der Waals surface area contributed by atoms with Crippen LogP contribution in [0.25, 0.3) is 0 Å².